The lowest BCUT2D eigenvalue weighted by atomic mass is 10.1. The molecule has 5 nitrogen and oxygen atoms in total. The summed E-state index contributed by atoms with van der Waals surface area (Å²) in [6, 6.07) is 0. The highest BCUT2D eigenvalue weighted by molar-refractivity contribution is 5.86. The Morgan fingerprint density at radius 3 is 2.00 bits per heavy atom. The van der Waals surface area contributed by atoms with Crippen molar-refractivity contribution in [3.05, 3.63) is 11.6 Å². The number of aliphatic carboxylic acids is 2. The van der Waals surface area contributed by atoms with Crippen LogP contribution in [0.5, 0.6) is 0 Å². The van der Waals surface area contributed by atoms with Crippen LogP contribution in [-0.4, -0.2) is 27.9 Å². The fraction of sp³-hybridized carbons (Fsp3) is 0.375. The first-order valence-corrected chi connectivity index (χ1v) is 3.55. The Morgan fingerprint density at radius 1 is 1.15 bits per heavy atom. The maximum Gasteiger partial charge on any atom is 0.328 e. The fourth-order valence-electron chi connectivity index (χ4n) is 0.853. The zero-order valence-electron chi connectivity index (χ0n) is 7.11. The second kappa shape index (κ2) is 5.08. The molecule has 0 bridgehead atoms. The monoisotopic (exact) mass is 186 g/mol. The number of hydrogen-bond donors (Lipinski definition) is 2. The van der Waals surface area contributed by atoms with Gasteiger partial charge in [-0.2, -0.15) is 0 Å². The molecule has 0 spiro atoms. The Hall–Kier alpha value is -1.65. The number of carboxylic acid groups (broad SMARTS) is 2. The lowest BCUT2D eigenvalue weighted by Gasteiger charge is -1.99. The average molecular weight is 186 g/mol. The van der Waals surface area contributed by atoms with E-state index in [9.17, 15) is 14.4 Å². The normalized spacial score (nSPS) is 11.0. The van der Waals surface area contributed by atoms with Crippen LogP contribution < -0.4 is 0 Å². The topological polar surface area (TPSA) is 91.7 Å². The van der Waals surface area contributed by atoms with Crippen LogP contribution in [-0.2, 0) is 14.4 Å². The van der Waals surface area contributed by atoms with E-state index in [2.05, 4.69) is 0 Å². The minimum atomic E-state index is -1.24. The van der Waals surface area contributed by atoms with Gasteiger partial charge < -0.3 is 10.2 Å². The third kappa shape index (κ3) is 6.74. The molecule has 0 fully saturated rings. The summed E-state index contributed by atoms with van der Waals surface area (Å²) in [4.78, 5) is 31.0. The zero-order valence-corrected chi connectivity index (χ0v) is 7.11. The third-order valence-corrected chi connectivity index (χ3v) is 1.18. The van der Waals surface area contributed by atoms with E-state index in [-0.39, 0.29) is 17.8 Å². The van der Waals surface area contributed by atoms with E-state index < -0.39 is 18.4 Å². The number of carbonyl (C=O) groups excluding carboxylic acids is 1. The molecule has 0 aliphatic rings. The minimum absolute atomic E-state index is 0.104. The molecule has 0 rings (SSSR count). The largest absolute Gasteiger partial charge is 0.481 e. The fourth-order valence-corrected chi connectivity index (χ4v) is 0.853. The van der Waals surface area contributed by atoms with Gasteiger partial charge in [0.25, 0.3) is 0 Å². The Labute approximate surface area is 74.7 Å². The van der Waals surface area contributed by atoms with Crippen LogP contribution in [0.1, 0.15) is 19.8 Å². The van der Waals surface area contributed by atoms with Crippen molar-refractivity contribution in [1.82, 2.24) is 0 Å². The molecular weight excluding hydrogens is 176 g/mol. The van der Waals surface area contributed by atoms with Gasteiger partial charge in [-0.1, -0.05) is 0 Å². The molecule has 0 aliphatic heterocycles. The third-order valence-electron chi connectivity index (χ3n) is 1.18. The van der Waals surface area contributed by atoms with Gasteiger partial charge in [0.05, 0.1) is 6.42 Å². The van der Waals surface area contributed by atoms with Crippen molar-refractivity contribution in [1.29, 1.82) is 0 Å². The van der Waals surface area contributed by atoms with Crippen LogP contribution in [0.15, 0.2) is 11.6 Å². The summed E-state index contributed by atoms with van der Waals surface area (Å²) in [6.07, 6.45) is 0.222. The van der Waals surface area contributed by atoms with Gasteiger partial charge in [0, 0.05) is 12.5 Å². The van der Waals surface area contributed by atoms with Crippen LogP contribution in [0.25, 0.3) is 0 Å². The number of carboxylic acids is 2. The van der Waals surface area contributed by atoms with E-state index in [1.807, 2.05) is 0 Å². The van der Waals surface area contributed by atoms with E-state index in [1.54, 1.807) is 0 Å². The molecule has 13 heavy (non-hydrogen) atoms. The molecule has 0 heterocycles. The number of rotatable bonds is 5. The van der Waals surface area contributed by atoms with Gasteiger partial charge in [0.1, 0.15) is 5.78 Å². The first kappa shape index (κ1) is 11.4. The van der Waals surface area contributed by atoms with Crippen molar-refractivity contribution in [3.8, 4) is 0 Å². The number of ketones is 1. The average Bonchev–Trinajstić information content (AvgIpc) is 1.80. The molecule has 0 aromatic heterocycles. The first-order chi connectivity index (χ1) is 5.91. The highest BCUT2D eigenvalue weighted by Gasteiger charge is 2.08. The summed E-state index contributed by atoms with van der Waals surface area (Å²) in [5.41, 5.74) is 0.104. The maximum absolute atomic E-state index is 10.6. The summed E-state index contributed by atoms with van der Waals surface area (Å²) < 4.78 is 0. The summed E-state index contributed by atoms with van der Waals surface area (Å²) in [6.45, 7) is 1.28. The van der Waals surface area contributed by atoms with Crippen molar-refractivity contribution < 1.29 is 24.6 Å². The second-order valence-corrected chi connectivity index (χ2v) is 2.59. The van der Waals surface area contributed by atoms with Crippen LogP contribution in [0.2, 0.25) is 0 Å². The van der Waals surface area contributed by atoms with Gasteiger partial charge in [0.2, 0.25) is 0 Å². The first-order valence-electron chi connectivity index (χ1n) is 3.55. The van der Waals surface area contributed by atoms with E-state index >= 15 is 0 Å². The maximum atomic E-state index is 10.6. The van der Waals surface area contributed by atoms with Gasteiger partial charge in [-0.3, -0.25) is 9.59 Å². The van der Waals surface area contributed by atoms with Gasteiger partial charge in [-0.25, -0.2) is 4.79 Å². The highest BCUT2D eigenvalue weighted by atomic mass is 16.4. The Balaban J connectivity index is 4.45. The van der Waals surface area contributed by atoms with E-state index in [0.717, 1.165) is 6.08 Å². The quantitative estimate of drug-likeness (QED) is 0.608. The minimum Gasteiger partial charge on any atom is -0.481 e. The summed E-state index contributed by atoms with van der Waals surface area (Å²) in [5.74, 6) is -2.64. The van der Waals surface area contributed by atoms with E-state index in [4.69, 9.17) is 10.2 Å². The molecular formula is C8H10O5. The number of Topliss-reactive ketones (excluding diaryl/α,β-unsaturated/α-hetero) is 1. The molecule has 2 N–H and O–H groups in total. The van der Waals surface area contributed by atoms with Crippen molar-refractivity contribution >= 4 is 17.7 Å². The highest BCUT2D eigenvalue weighted by Crippen LogP contribution is 2.07. The second-order valence-electron chi connectivity index (χ2n) is 2.59. The Bertz CT molecular complexity index is 246. The molecule has 0 atom stereocenters. The van der Waals surface area contributed by atoms with Crippen LogP contribution >= 0.6 is 0 Å². The SMILES string of the molecule is CC(=O)C/C(=C\C(=O)O)CC(=O)O. The van der Waals surface area contributed by atoms with Crippen molar-refractivity contribution in [2.75, 3.05) is 0 Å². The number of hydrogen-bond acceptors (Lipinski definition) is 3. The molecule has 0 amide bonds. The van der Waals surface area contributed by atoms with Crippen molar-refractivity contribution in [2.45, 2.75) is 19.8 Å². The van der Waals surface area contributed by atoms with Crippen LogP contribution in [0.4, 0.5) is 0 Å². The van der Waals surface area contributed by atoms with Crippen LogP contribution in [0.3, 0.4) is 0 Å². The molecule has 0 aromatic carbocycles. The predicted octanol–water partition coefficient (Wildman–Crippen LogP) is 0.451. The lowest BCUT2D eigenvalue weighted by Crippen LogP contribution is -2.03. The standard InChI is InChI=1S/C8H10O5/c1-5(9)2-6(3-7(10)11)4-8(12)13/h3H,2,4H2,1H3,(H,10,11)(H,12,13)/b6-3+. The molecule has 0 saturated carbocycles. The molecule has 0 saturated heterocycles. The van der Waals surface area contributed by atoms with E-state index in [1.165, 1.54) is 6.92 Å². The molecule has 0 radical (unpaired) electrons. The van der Waals surface area contributed by atoms with Gasteiger partial charge in [-0.15, -0.1) is 0 Å². The Morgan fingerprint density at radius 2 is 1.69 bits per heavy atom. The predicted molar refractivity (Wildman–Crippen MR) is 43.3 cm³/mol. The van der Waals surface area contributed by atoms with Gasteiger partial charge in [0.15, 0.2) is 0 Å². The summed E-state index contributed by atoms with van der Waals surface area (Å²) >= 11 is 0. The van der Waals surface area contributed by atoms with Gasteiger partial charge in [-0.05, 0) is 12.5 Å². The number of carbonyl (C=O) groups is 3. The zero-order chi connectivity index (χ0) is 10.4. The smallest absolute Gasteiger partial charge is 0.328 e. The molecule has 0 aromatic rings. The molecule has 5 heteroatoms. The van der Waals surface area contributed by atoms with Crippen molar-refractivity contribution in [3.63, 3.8) is 0 Å². The van der Waals surface area contributed by atoms with Crippen LogP contribution in [0, 0.1) is 0 Å². The summed E-state index contributed by atoms with van der Waals surface area (Å²) in [7, 11) is 0. The molecule has 0 unspecified atom stereocenters. The summed E-state index contributed by atoms with van der Waals surface area (Å²) in [5, 5.41) is 16.7. The van der Waals surface area contributed by atoms with Crippen molar-refractivity contribution in [2.24, 2.45) is 0 Å². The lowest BCUT2D eigenvalue weighted by molar-refractivity contribution is -0.136. The molecule has 0 aliphatic carbocycles. The Kier molecular flexibility index (Phi) is 4.43. The van der Waals surface area contributed by atoms with Gasteiger partial charge >= 0.3 is 11.9 Å². The van der Waals surface area contributed by atoms with E-state index in [0.29, 0.717) is 0 Å². The molecule has 72 valence electrons.